The van der Waals surface area contributed by atoms with Crippen LogP contribution in [0.2, 0.25) is 5.02 Å². The standard InChI is InChI=1S/C16H23ClN2O2/c1-11(2)18-16(21)12-5-7-19(8-6-12)10-13-9-14(17)3-4-15(13)20/h3-4,9,11-12,20H,5-8,10H2,1-2H3,(H,18,21)/p+1. The van der Waals surface area contributed by atoms with Crippen molar-refractivity contribution < 1.29 is 14.8 Å². The van der Waals surface area contributed by atoms with Crippen molar-refractivity contribution in [1.29, 1.82) is 0 Å². The fraction of sp³-hybridized carbons (Fsp3) is 0.562. The van der Waals surface area contributed by atoms with E-state index in [9.17, 15) is 9.90 Å². The van der Waals surface area contributed by atoms with E-state index in [-0.39, 0.29) is 17.9 Å². The number of hydrogen-bond donors (Lipinski definition) is 3. The van der Waals surface area contributed by atoms with Gasteiger partial charge in [-0.15, -0.1) is 0 Å². The van der Waals surface area contributed by atoms with Crippen molar-refractivity contribution in [3.8, 4) is 5.75 Å². The number of phenolic OH excluding ortho intramolecular Hbond substituents is 1. The molecule has 2 rings (SSSR count). The predicted octanol–water partition coefficient (Wildman–Crippen LogP) is 1.37. The zero-order valence-corrected chi connectivity index (χ0v) is 13.4. The second-order valence-electron chi connectivity index (χ2n) is 6.14. The third-order valence-corrected chi connectivity index (χ3v) is 4.21. The predicted molar refractivity (Wildman–Crippen MR) is 83.5 cm³/mol. The van der Waals surface area contributed by atoms with Gasteiger partial charge in [-0.05, 0) is 32.0 Å². The number of halogens is 1. The van der Waals surface area contributed by atoms with Gasteiger partial charge in [-0.2, -0.15) is 0 Å². The zero-order valence-electron chi connectivity index (χ0n) is 12.7. The summed E-state index contributed by atoms with van der Waals surface area (Å²) in [4.78, 5) is 13.4. The first-order valence-electron chi connectivity index (χ1n) is 7.57. The highest BCUT2D eigenvalue weighted by Gasteiger charge is 2.28. The Balaban J connectivity index is 1.87. The third kappa shape index (κ3) is 4.61. The maximum atomic E-state index is 12.0. The van der Waals surface area contributed by atoms with E-state index < -0.39 is 0 Å². The molecule has 0 radical (unpaired) electrons. The van der Waals surface area contributed by atoms with E-state index in [0.29, 0.717) is 10.8 Å². The third-order valence-electron chi connectivity index (χ3n) is 3.98. The Morgan fingerprint density at radius 2 is 2.10 bits per heavy atom. The molecule has 3 N–H and O–H groups in total. The molecule has 0 atom stereocenters. The van der Waals surface area contributed by atoms with Crippen molar-refractivity contribution in [2.45, 2.75) is 39.3 Å². The van der Waals surface area contributed by atoms with Gasteiger partial charge in [0, 0.05) is 35.4 Å². The average molecular weight is 312 g/mol. The number of carbonyl (C=O) groups is 1. The molecule has 1 aliphatic rings. The second kappa shape index (κ2) is 7.14. The molecule has 1 aliphatic heterocycles. The Kier molecular flexibility index (Phi) is 5.48. The van der Waals surface area contributed by atoms with Crippen molar-refractivity contribution in [2.75, 3.05) is 13.1 Å². The molecular formula is C16H24ClN2O2+. The Morgan fingerprint density at radius 1 is 1.43 bits per heavy atom. The number of piperidine rings is 1. The minimum Gasteiger partial charge on any atom is -0.507 e. The summed E-state index contributed by atoms with van der Waals surface area (Å²) in [6.07, 6.45) is 1.80. The molecule has 116 valence electrons. The first-order valence-corrected chi connectivity index (χ1v) is 7.95. The van der Waals surface area contributed by atoms with Crippen LogP contribution in [0.4, 0.5) is 0 Å². The van der Waals surface area contributed by atoms with Crippen LogP contribution in [0.1, 0.15) is 32.3 Å². The van der Waals surface area contributed by atoms with E-state index in [1.54, 1.807) is 12.1 Å². The number of benzene rings is 1. The molecule has 0 aromatic heterocycles. The van der Waals surface area contributed by atoms with Gasteiger partial charge in [0.05, 0.1) is 13.1 Å². The van der Waals surface area contributed by atoms with Crippen molar-refractivity contribution in [3.05, 3.63) is 28.8 Å². The molecular weight excluding hydrogens is 288 g/mol. The van der Waals surface area contributed by atoms with Crippen molar-refractivity contribution in [2.24, 2.45) is 5.92 Å². The van der Waals surface area contributed by atoms with Crippen LogP contribution in [0.25, 0.3) is 0 Å². The second-order valence-corrected chi connectivity index (χ2v) is 6.57. The summed E-state index contributed by atoms with van der Waals surface area (Å²) in [6.45, 7) is 6.62. The van der Waals surface area contributed by atoms with Crippen LogP contribution in [0.5, 0.6) is 5.75 Å². The Labute approximate surface area is 131 Å². The Bertz CT molecular complexity index is 497. The van der Waals surface area contributed by atoms with Crippen LogP contribution in [0, 0.1) is 5.92 Å². The Hall–Kier alpha value is -1.26. The normalized spacial score (nSPS) is 22.3. The molecule has 0 aliphatic carbocycles. The summed E-state index contributed by atoms with van der Waals surface area (Å²) in [6, 6.07) is 5.35. The van der Waals surface area contributed by atoms with E-state index in [1.807, 2.05) is 19.9 Å². The number of nitrogens with one attached hydrogen (secondary N) is 2. The average Bonchev–Trinajstić information content (AvgIpc) is 2.43. The molecule has 1 amide bonds. The molecule has 5 heteroatoms. The van der Waals surface area contributed by atoms with E-state index in [4.69, 9.17) is 11.6 Å². The summed E-state index contributed by atoms with van der Waals surface area (Å²) in [7, 11) is 0. The van der Waals surface area contributed by atoms with Crippen molar-refractivity contribution >= 4 is 17.5 Å². The highest BCUT2D eigenvalue weighted by molar-refractivity contribution is 6.30. The van der Waals surface area contributed by atoms with Crippen LogP contribution in [-0.2, 0) is 11.3 Å². The summed E-state index contributed by atoms with van der Waals surface area (Å²) in [5, 5.41) is 13.5. The molecule has 4 nitrogen and oxygen atoms in total. The highest BCUT2D eigenvalue weighted by atomic mass is 35.5. The number of amides is 1. The lowest BCUT2D eigenvalue weighted by atomic mass is 9.95. The first kappa shape index (κ1) is 16.1. The fourth-order valence-electron chi connectivity index (χ4n) is 2.83. The zero-order chi connectivity index (χ0) is 15.4. The summed E-state index contributed by atoms with van der Waals surface area (Å²) in [5.41, 5.74) is 0.877. The van der Waals surface area contributed by atoms with Crippen LogP contribution in [0.3, 0.4) is 0 Å². The van der Waals surface area contributed by atoms with Gasteiger partial charge in [0.1, 0.15) is 12.3 Å². The van der Waals surface area contributed by atoms with Gasteiger partial charge in [-0.3, -0.25) is 4.79 Å². The van der Waals surface area contributed by atoms with E-state index in [0.717, 1.165) is 38.0 Å². The molecule has 1 fully saturated rings. The highest BCUT2D eigenvalue weighted by Crippen LogP contribution is 2.21. The van der Waals surface area contributed by atoms with Gasteiger partial charge in [-0.1, -0.05) is 11.6 Å². The maximum absolute atomic E-state index is 12.0. The smallest absolute Gasteiger partial charge is 0.223 e. The quantitative estimate of drug-likeness (QED) is 0.786. The summed E-state index contributed by atoms with van der Waals surface area (Å²) < 4.78 is 0. The largest absolute Gasteiger partial charge is 0.507 e. The molecule has 0 unspecified atom stereocenters. The molecule has 0 bridgehead atoms. The van der Waals surface area contributed by atoms with Crippen LogP contribution in [-0.4, -0.2) is 30.1 Å². The number of quaternary nitrogens is 1. The van der Waals surface area contributed by atoms with Crippen LogP contribution < -0.4 is 10.2 Å². The van der Waals surface area contributed by atoms with Gasteiger partial charge in [-0.25, -0.2) is 0 Å². The van der Waals surface area contributed by atoms with Crippen LogP contribution in [0.15, 0.2) is 18.2 Å². The molecule has 1 heterocycles. The number of aromatic hydroxyl groups is 1. The lowest BCUT2D eigenvalue weighted by Gasteiger charge is -2.29. The minimum atomic E-state index is 0.129. The molecule has 1 aromatic rings. The lowest BCUT2D eigenvalue weighted by molar-refractivity contribution is -0.919. The van der Waals surface area contributed by atoms with Crippen LogP contribution >= 0.6 is 11.6 Å². The van der Waals surface area contributed by atoms with Gasteiger partial charge in [0.25, 0.3) is 0 Å². The number of hydrogen-bond acceptors (Lipinski definition) is 2. The number of phenols is 1. The van der Waals surface area contributed by atoms with Gasteiger partial charge >= 0.3 is 0 Å². The number of carbonyl (C=O) groups excluding carboxylic acids is 1. The van der Waals surface area contributed by atoms with Crippen molar-refractivity contribution in [3.63, 3.8) is 0 Å². The molecule has 0 saturated carbocycles. The lowest BCUT2D eigenvalue weighted by Crippen LogP contribution is -3.11. The SMILES string of the molecule is CC(C)NC(=O)C1CC[NH+](Cc2cc(Cl)ccc2O)CC1. The fourth-order valence-corrected chi connectivity index (χ4v) is 3.03. The van der Waals surface area contributed by atoms with Gasteiger partial charge in [0.15, 0.2) is 0 Å². The summed E-state index contributed by atoms with van der Waals surface area (Å²) in [5.74, 6) is 0.602. The minimum absolute atomic E-state index is 0.129. The van der Waals surface area contributed by atoms with Gasteiger partial charge in [0.2, 0.25) is 5.91 Å². The topological polar surface area (TPSA) is 53.8 Å². The molecule has 1 aromatic carbocycles. The molecule has 0 spiro atoms. The van der Waals surface area contributed by atoms with E-state index in [1.165, 1.54) is 4.90 Å². The molecule has 1 saturated heterocycles. The number of rotatable bonds is 4. The maximum Gasteiger partial charge on any atom is 0.223 e. The van der Waals surface area contributed by atoms with E-state index in [2.05, 4.69) is 5.32 Å². The van der Waals surface area contributed by atoms with Crippen molar-refractivity contribution in [1.82, 2.24) is 5.32 Å². The Morgan fingerprint density at radius 3 is 2.71 bits per heavy atom. The number of likely N-dealkylation sites (tertiary alicyclic amines) is 1. The van der Waals surface area contributed by atoms with E-state index >= 15 is 0 Å². The monoisotopic (exact) mass is 311 g/mol. The summed E-state index contributed by atoms with van der Waals surface area (Å²) >= 11 is 5.97. The first-order chi connectivity index (χ1) is 9.95. The molecule has 21 heavy (non-hydrogen) atoms. The van der Waals surface area contributed by atoms with Gasteiger partial charge < -0.3 is 15.3 Å².